The van der Waals surface area contributed by atoms with Crippen LogP contribution in [0.25, 0.3) is 0 Å². The van der Waals surface area contributed by atoms with Gasteiger partial charge in [-0.05, 0) is 11.5 Å². The van der Waals surface area contributed by atoms with Gasteiger partial charge in [-0.15, -0.1) is 5.14 Å². The first-order chi connectivity index (χ1) is 3.92. The molecule has 0 spiro atoms. The molecular weight excluding hydrogens is 134 g/mol. The molecule has 0 amide bonds. The van der Waals surface area contributed by atoms with Crippen LogP contribution in [0.5, 0.6) is 0 Å². The van der Waals surface area contributed by atoms with Crippen LogP contribution in [0.15, 0.2) is 11.5 Å². The van der Waals surface area contributed by atoms with E-state index in [2.05, 4.69) is 0 Å². The standard InChI is InChI=1S/C6H13NOS/c1-6(2,3)4-5-9(7)8/h4-5H,7H2,1-3H3/b5-4+/t9-/m1/s1. The average molecular weight is 147 g/mol. The highest BCUT2D eigenvalue weighted by atomic mass is 32.2. The first kappa shape index (κ1) is 9.01. The lowest BCUT2D eigenvalue weighted by Gasteiger charge is -2.09. The summed E-state index contributed by atoms with van der Waals surface area (Å²) in [4.78, 5) is 0. The van der Waals surface area contributed by atoms with E-state index in [0.717, 1.165) is 0 Å². The number of hydrogen-bond donors (Lipinski definition) is 1. The lowest BCUT2D eigenvalue weighted by atomic mass is 9.98. The summed E-state index contributed by atoms with van der Waals surface area (Å²) in [5.41, 5.74) is 0.0784. The van der Waals surface area contributed by atoms with E-state index in [1.165, 1.54) is 5.41 Å². The Bertz CT molecular complexity index is 104. The molecule has 0 heterocycles. The van der Waals surface area contributed by atoms with Crippen LogP contribution in [-0.2, 0) is 11.4 Å². The first-order valence-electron chi connectivity index (χ1n) is 2.76. The zero-order valence-corrected chi connectivity index (χ0v) is 6.87. The number of allylic oxidation sites excluding steroid dienone is 1. The van der Waals surface area contributed by atoms with Crippen LogP contribution in [0.2, 0.25) is 0 Å². The third-order valence-electron chi connectivity index (χ3n) is 0.702. The van der Waals surface area contributed by atoms with Crippen molar-refractivity contribution in [1.82, 2.24) is 0 Å². The van der Waals surface area contributed by atoms with Crippen molar-refractivity contribution in [2.75, 3.05) is 0 Å². The maximum Gasteiger partial charge on any atom is 0.134 e. The Morgan fingerprint density at radius 3 is 2.00 bits per heavy atom. The van der Waals surface area contributed by atoms with Crippen LogP contribution in [0, 0.1) is 5.41 Å². The highest BCUT2D eigenvalue weighted by molar-refractivity contribution is 7.92. The second kappa shape index (κ2) is 3.25. The van der Waals surface area contributed by atoms with Crippen LogP contribution in [-0.4, -0.2) is 4.55 Å². The van der Waals surface area contributed by atoms with E-state index in [-0.39, 0.29) is 5.41 Å². The summed E-state index contributed by atoms with van der Waals surface area (Å²) in [6.07, 6.45) is 1.84. The SMILES string of the molecule is CC(C)(C)/C=C/[S@+](N)[O-]. The summed E-state index contributed by atoms with van der Waals surface area (Å²) in [5, 5.41) is 6.48. The summed E-state index contributed by atoms with van der Waals surface area (Å²) in [6.45, 7) is 6.07. The Morgan fingerprint density at radius 1 is 1.44 bits per heavy atom. The average Bonchev–Trinajstić information content (AvgIpc) is 1.59. The van der Waals surface area contributed by atoms with Gasteiger partial charge in [0.2, 0.25) is 0 Å². The van der Waals surface area contributed by atoms with Gasteiger partial charge in [0.05, 0.1) is 11.4 Å². The van der Waals surface area contributed by atoms with Gasteiger partial charge < -0.3 is 4.55 Å². The quantitative estimate of drug-likeness (QED) is 0.566. The third kappa shape index (κ3) is 8.01. The Kier molecular flexibility index (Phi) is 3.25. The third-order valence-corrected chi connectivity index (χ3v) is 1.11. The minimum atomic E-state index is -1.29. The summed E-state index contributed by atoms with van der Waals surface area (Å²) in [5.74, 6) is 0. The predicted octanol–water partition coefficient (Wildman–Crippen LogP) is 1.17. The van der Waals surface area contributed by atoms with Crippen molar-refractivity contribution < 1.29 is 4.55 Å². The second-order valence-corrected chi connectivity index (χ2v) is 3.93. The highest BCUT2D eigenvalue weighted by Crippen LogP contribution is 2.14. The zero-order valence-electron chi connectivity index (χ0n) is 6.05. The number of nitrogens with two attached hydrogens (primary N) is 1. The summed E-state index contributed by atoms with van der Waals surface area (Å²) in [6, 6.07) is 0. The van der Waals surface area contributed by atoms with E-state index in [9.17, 15) is 4.55 Å². The molecule has 3 heteroatoms. The highest BCUT2D eigenvalue weighted by Gasteiger charge is 2.05. The fraction of sp³-hybridized carbons (Fsp3) is 0.667. The Labute approximate surface area is 59.4 Å². The molecular formula is C6H13NOS. The van der Waals surface area contributed by atoms with Crippen molar-refractivity contribution >= 4 is 11.4 Å². The molecule has 0 saturated heterocycles. The molecule has 2 N–H and O–H groups in total. The van der Waals surface area contributed by atoms with Gasteiger partial charge in [-0.2, -0.15) is 0 Å². The molecule has 2 nitrogen and oxygen atoms in total. The van der Waals surface area contributed by atoms with Gasteiger partial charge in [-0.1, -0.05) is 20.8 Å². The van der Waals surface area contributed by atoms with Gasteiger partial charge in [-0.25, -0.2) is 0 Å². The molecule has 0 rings (SSSR count). The topological polar surface area (TPSA) is 49.1 Å². The number of hydrogen-bond acceptors (Lipinski definition) is 2. The summed E-state index contributed by atoms with van der Waals surface area (Å²) in [7, 11) is 0. The van der Waals surface area contributed by atoms with Crippen LogP contribution < -0.4 is 5.14 Å². The fourth-order valence-electron chi connectivity index (χ4n) is 0.271. The van der Waals surface area contributed by atoms with E-state index in [4.69, 9.17) is 5.14 Å². The molecule has 54 valence electrons. The molecule has 0 fully saturated rings. The van der Waals surface area contributed by atoms with Gasteiger partial charge in [0, 0.05) is 0 Å². The van der Waals surface area contributed by atoms with Gasteiger partial charge in [-0.3, -0.25) is 0 Å². The van der Waals surface area contributed by atoms with Crippen molar-refractivity contribution in [2.24, 2.45) is 10.6 Å². The van der Waals surface area contributed by atoms with Gasteiger partial charge in [0.1, 0.15) is 5.41 Å². The van der Waals surface area contributed by atoms with Crippen molar-refractivity contribution in [3.05, 3.63) is 11.5 Å². The molecule has 0 saturated carbocycles. The van der Waals surface area contributed by atoms with Gasteiger partial charge >= 0.3 is 0 Å². The van der Waals surface area contributed by atoms with Crippen LogP contribution in [0.4, 0.5) is 0 Å². The lowest BCUT2D eigenvalue weighted by Crippen LogP contribution is -2.09. The van der Waals surface area contributed by atoms with E-state index in [1.54, 1.807) is 0 Å². The molecule has 0 radical (unpaired) electrons. The fourth-order valence-corrected chi connectivity index (χ4v) is 0.814. The summed E-state index contributed by atoms with van der Waals surface area (Å²) >= 11 is -1.29. The minimum absolute atomic E-state index is 0.0784. The van der Waals surface area contributed by atoms with Crippen LogP contribution >= 0.6 is 0 Å². The normalized spacial score (nSPS) is 16.6. The van der Waals surface area contributed by atoms with Crippen molar-refractivity contribution in [1.29, 1.82) is 0 Å². The van der Waals surface area contributed by atoms with Crippen molar-refractivity contribution in [3.8, 4) is 0 Å². The molecule has 0 aromatic heterocycles. The van der Waals surface area contributed by atoms with E-state index < -0.39 is 11.4 Å². The van der Waals surface area contributed by atoms with E-state index >= 15 is 0 Å². The molecule has 1 atom stereocenters. The maximum absolute atomic E-state index is 10.3. The van der Waals surface area contributed by atoms with Crippen LogP contribution in [0.1, 0.15) is 20.8 Å². The monoisotopic (exact) mass is 147 g/mol. The van der Waals surface area contributed by atoms with E-state index in [0.29, 0.717) is 0 Å². The predicted molar refractivity (Wildman–Crippen MR) is 40.9 cm³/mol. The molecule has 9 heavy (non-hydrogen) atoms. The molecule has 0 aliphatic heterocycles. The molecule has 0 aliphatic carbocycles. The molecule has 0 unspecified atom stereocenters. The second-order valence-electron chi connectivity index (χ2n) is 3.00. The maximum atomic E-state index is 10.3. The van der Waals surface area contributed by atoms with Gasteiger partial charge in [0.25, 0.3) is 0 Å². The number of rotatable bonds is 1. The molecule has 0 aromatic carbocycles. The van der Waals surface area contributed by atoms with E-state index in [1.807, 2.05) is 26.8 Å². The van der Waals surface area contributed by atoms with Crippen molar-refractivity contribution in [2.45, 2.75) is 20.8 Å². The zero-order chi connectivity index (χ0) is 7.49. The molecule has 0 aliphatic rings. The van der Waals surface area contributed by atoms with Crippen LogP contribution in [0.3, 0.4) is 0 Å². The van der Waals surface area contributed by atoms with Crippen molar-refractivity contribution in [3.63, 3.8) is 0 Å². The molecule has 0 aromatic rings. The Morgan fingerprint density at radius 2 is 1.89 bits per heavy atom. The first-order valence-corrected chi connectivity index (χ1v) is 4.04. The molecule has 0 bridgehead atoms. The largest absolute Gasteiger partial charge is 0.594 e. The summed E-state index contributed by atoms with van der Waals surface area (Å²) < 4.78 is 10.3. The lowest BCUT2D eigenvalue weighted by molar-refractivity contribution is 0.543. The smallest absolute Gasteiger partial charge is 0.134 e. The minimum Gasteiger partial charge on any atom is -0.594 e. The Hall–Kier alpha value is 0.01000. The Balaban J connectivity index is 3.71. The van der Waals surface area contributed by atoms with Gasteiger partial charge in [0.15, 0.2) is 0 Å².